The normalized spacial score (nSPS) is 11.4. The number of alkyl halides is 1. The number of amides is 1. The summed E-state index contributed by atoms with van der Waals surface area (Å²) in [5.41, 5.74) is -0.261. The van der Waals surface area contributed by atoms with E-state index < -0.39 is 0 Å². The topological polar surface area (TPSA) is 29.1 Å². The Labute approximate surface area is 99.6 Å². The summed E-state index contributed by atoms with van der Waals surface area (Å²) >= 11 is 7.37. The summed E-state index contributed by atoms with van der Waals surface area (Å²) < 4.78 is 0. The quantitative estimate of drug-likeness (QED) is 0.793. The van der Waals surface area contributed by atoms with E-state index in [1.807, 2.05) is 31.4 Å². The number of carbonyl (C=O) groups excluding carboxylic acids is 1. The fourth-order valence-corrected chi connectivity index (χ4v) is 2.42. The molecule has 1 rings (SSSR count). The van der Waals surface area contributed by atoms with E-state index in [4.69, 9.17) is 11.6 Å². The van der Waals surface area contributed by atoms with E-state index in [0.29, 0.717) is 5.88 Å². The molecule has 0 atom stereocenters. The molecule has 0 unspecified atom stereocenters. The van der Waals surface area contributed by atoms with E-state index in [1.165, 1.54) is 11.3 Å². The predicted octanol–water partition coefficient (Wildman–Crippen LogP) is 3.28. The van der Waals surface area contributed by atoms with Gasteiger partial charge in [0.15, 0.2) is 0 Å². The maximum absolute atomic E-state index is 11.8. The first-order valence-corrected chi connectivity index (χ1v) is 6.51. The number of hydrogen-bond donors (Lipinski definition) is 1. The summed E-state index contributed by atoms with van der Waals surface area (Å²) in [5, 5.41) is 4.92. The van der Waals surface area contributed by atoms with Crippen LogP contribution in [0.2, 0.25) is 0 Å². The summed E-state index contributed by atoms with van der Waals surface area (Å²) in [5.74, 6) is 0.436. The SMILES string of the molecule is CCC(CC)(CCl)NC(=O)c1cccs1. The first-order chi connectivity index (χ1) is 7.17. The van der Waals surface area contributed by atoms with Crippen LogP contribution in [0, 0.1) is 0 Å². The lowest BCUT2D eigenvalue weighted by Crippen LogP contribution is -2.49. The summed E-state index contributed by atoms with van der Waals surface area (Å²) in [6, 6.07) is 3.70. The molecule has 1 N–H and O–H groups in total. The van der Waals surface area contributed by atoms with Gasteiger partial charge in [0.05, 0.1) is 10.4 Å². The number of nitrogens with one attached hydrogen (secondary N) is 1. The lowest BCUT2D eigenvalue weighted by Gasteiger charge is -2.30. The minimum atomic E-state index is -0.261. The average molecular weight is 246 g/mol. The molecule has 84 valence electrons. The lowest BCUT2D eigenvalue weighted by molar-refractivity contribution is 0.0907. The van der Waals surface area contributed by atoms with Crippen molar-refractivity contribution in [3.8, 4) is 0 Å². The standard InChI is InChI=1S/C11H16ClNOS/c1-3-11(4-2,8-12)13-10(14)9-6-5-7-15-9/h5-7H,3-4,8H2,1-2H3,(H,13,14). The van der Waals surface area contributed by atoms with Crippen LogP contribution in [-0.2, 0) is 0 Å². The highest BCUT2D eigenvalue weighted by atomic mass is 35.5. The highest BCUT2D eigenvalue weighted by Gasteiger charge is 2.27. The Balaban J connectivity index is 2.71. The first kappa shape index (κ1) is 12.5. The van der Waals surface area contributed by atoms with Gasteiger partial charge in [-0.1, -0.05) is 19.9 Å². The Bertz CT molecular complexity index is 298. The second-order valence-electron chi connectivity index (χ2n) is 3.55. The van der Waals surface area contributed by atoms with Crippen LogP contribution in [-0.4, -0.2) is 17.3 Å². The molecule has 15 heavy (non-hydrogen) atoms. The van der Waals surface area contributed by atoms with Crippen molar-refractivity contribution >= 4 is 28.8 Å². The summed E-state index contributed by atoms with van der Waals surface area (Å²) in [6.07, 6.45) is 1.70. The van der Waals surface area contributed by atoms with Crippen LogP contribution in [0.1, 0.15) is 36.4 Å². The zero-order chi connectivity index (χ0) is 11.3. The van der Waals surface area contributed by atoms with E-state index in [-0.39, 0.29) is 11.4 Å². The van der Waals surface area contributed by atoms with Crippen LogP contribution in [0.15, 0.2) is 17.5 Å². The van der Waals surface area contributed by atoms with Crippen LogP contribution in [0.4, 0.5) is 0 Å². The molecular formula is C11H16ClNOS. The third kappa shape index (κ3) is 2.95. The number of hydrogen-bond acceptors (Lipinski definition) is 2. The molecule has 0 saturated heterocycles. The fraction of sp³-hybridized carbons (Fsp3) is 0.545. The molecule has 1 amide bonds. The van der Waals surface area contributed by atoms with Crippen molar-refractivity contribution in [2.75, 3.05) is 5.88 Å². The Hall–Kier alpha value is -0.540. The molecule has 0 aliphatic rings. The van der Waals surface area contributed by atoms with Crippen LogP contribution < -0.4 is 5.32 Å². The maximum Gasteiger partial charge on any atom is 0.261 e. The molecular weight excluding hydrogens is 230 g/mol. The van der Waals surface area contributed by atoms with Crippen LogP contribution in [0.5, 0.6) is 0 Å². The van der Waals surface area contributed by atoms with Gasteiger partial charge in [0.2, 0.25) is 0 Å². The zero-order valence-corrected chi connectivity index (χ0v) is 10.6. The van der Waals surface area contributed by atoms with E-state index in [1.54, 1.807) is 0 Å². The predicted molar refractivity (Wildman–Crippen MR) is 65.8 cm³/mol. The van der Waals surface area contributed by atoms with E-state index in [2.05, 4.69) is 5.32 Å². The number of halogens is 1. The van der Waals surface area contributed by atoms with Gasteiger partial charge in [-0.3, -0.25) is 4.79 Å². The summed E-state index contributed by atoms with van der Waals surface area (Å²) in [4.78, 5) is 12.6. The zero-order valence-electron chi connectivity index (χ0n) is 9.05. The van der Waals surface area contributed by atoms with Crippen molar-refractivity contribution in [1.29, 1.82) is 0 Å². The molecule has 1 heterocycles. The molecule has 0 aromatic carbocycles. The number of rotatable bonds is 5. The van der Waals surface area contributed by atoms with E-state index in [0.717, 1.165) is 17.7 Å². The second-order valence-corrected chi connectivity index (χ2v) is 4.77. The van der Waals surface area contributed by atoms with Crippen LogP contribution >= 0.6 is 22.9 Å². The monoisotopic (exact) mass is 245 g/mol. The van der Waals surface area contributed by atoms with Gasteiger partial charge in [0, 0.05) is 5.88 Å². The fourth-order valence-electron chi connectivity index (χ4n) is 1.36. The smallest absolute Gasteiger partial charge is 0.261 e. The van der Waals surface area contributed by atoms with Crippen LogP contribution in [0.3, 0.4) is 0 Å². The van der Waals surface area contributed by atoms with Crippen molar-refractivity contribution in [1.82, 2.24) is 5.32 Å². The van der Waals surface area contributed by atoms with Gasteiger partial charge < -0.3 is 5.32 Å². The summed E-state index contributed by atoms with van der Waals surface area (Å²) in [6.45, 7) is 4.08. The van der Waals surface area contributed by atoms with Crippen molar-refractivity contribution in [3.05, 3.63) is 22.4 Å². The molecule has 1 aromatic rings. The molecule has 0 bridgehead atoms. The van der Waals surface area contributed by atoms with Gasteiger partial charge >= 0.3 is 0 Å². The molecule has 0 radical (unpaired) electrons. The largest absolute Gasteiger partial charge is 0.345 e. The van der Waals surface area contributed by atoms with Crippen LogP contribution in [0.25, 0.3) is 0 Å². The average Bonchev–Trinajstić information content (AvgIpc) is 2.79. The molecule has 4 heteroatoms. The minimum Gasteiger partial charge on any atom is -0.345 e. The van der Waals surface area contributed by atoms with Gasteiger partial charge in [0.1, 0.15) is 0 Å². The van der Waals surface area contributed by atoms with Crippen molar-refractivity contribution in [3.63, 3.8) is 0 Å². The Morgan fingerprint density at radius 3 is 2.60 bits per heavy atom. The Kier molecular flexibility index (Phi) is 4.61. The second kappa shape index (κ2) is 5.52. The maximum atomic E-state index is 11.8. The molecule has 2 nitrogen and oxygen atoms in total. The molecule has 0 aliphatic carbocycles. The summed E-state index contributed by atoms with van der Waals surface area (Å²) in [7, 11) is 0. The first-order valence-electron chi connectivity index (χ1n) is 5.09. The van der Waals surface area contributed by atoms with Gasteiger partial charge in [0.25, 0.3) is 5.91 Å². The minimum absolute atomic E-state index is 0.0191. The molecule has 0 aliphatic heterocycles. The lowest BCUT2D eigenvalue weighted by atomic mass is 9.95. The number of thiophene rings is 1. The van der Waals surface area contributed by atoms with Gasteiger partial charge in [-0.05, 0) is 24.3 Å². The molecule has 0 saturated carbocycles. The molecule has 0 spiro atoms. The van der Waals surface area contributed by atoms with Gasteiger partial charge in [-0.2, -0.15) is 0 Å². The van der Waals surface area contributed by atoms with Crippen molar-refractivity contribution < 1.29 is 4.79 Å². The Morgan fingerprint density at radius 2 is 2.20 bits per heavy atom. The van der Waals surface area contributed by atoms with E-state index >= 15 is 0 Å². The highest BCUT2D eigenvalue weighted by molar-refractivity contribution is 7.12. The highest BCUT2D eigenvalue weighted by Crippen LogP contribution is 2.19. The van der Waals surface area contributed by atoms with E-state index in [9.17, 15) is 4.79 Å². The van der Waals surface area contributed by atoms with Gasteiger partial charge in [-0.25, -0.2) is 0 Å². The van der Waals surface area contributed by atoms with Crippen molar-refractivity contribution in [2.24, 2.45) is 0 Å². The van der Waals surface area contributed by atoms with Crippen molar-refractivity contribution in [2.45, 2.75) is 32.2 Å². The third-order valence-corrected chi connectivity index (χ3v) is 4.11. The third-order valence-electron chi connectivity index (χ3n) is 2.73. The van der Waals surface area contributed by atoms with Gasteiger partial charge in [-0.15, -0.1) is 22.9 Å². The molecule has 0 fully saturated rings. The number of carbonyl (C=O) groups is 1. The Morgan fingerprint density at radius 1 is 1.53 bits per heavy atom. The molecule has 1 aromatic heterocycles.